The van der Waals surface area contributed by atoms with Gasteiger partial charge in [0, 0.05) is 17.4 Å². The molecular formula is C19H14ClF3N6O. The van der Waals surface area contributed by atoms with Gasteiger partial charge in [-0.25, -0.2) is 0 Å². The number of carbonyl (C=O) groups excluding carboxylic acids is 1. The van der Waals surface area contributed by atoms with Crippen molar-refractivity contribution in [3.8, 4) is 0 Å². The van der Waals surface area contributed by atoms with E-state index in [1.54, 1.807) is 16.9 Å². The summed E-state index contributed by atoms with van der Waals surface area (Å²) in [6, 6.07) is 9.45. The monoisotopic (exact) mass is 434 g/mol. The van der Waals surface area contributed by atoms with E-state index in [9.17, 15) is 18.0 Å². The van der Waals surface area contributed by atoms with Gasteiger partial charge in [0.05, 0.1) is 30.4 Å². The van der Waals surface area contributed by atoms with Crippen molar-refractivity contribution in [1.82, 2.24) is 29.7 Å². The van der Waals surface area contributed by atoms with Crippen molar-refractivity contribution in [2.24, 2.45) is 0 Å². The highest BCUT2D eigenvalue weighted by atomic mass is 35.5. The van der Waals surface area contributed by atoms with E-state index in [0.29, 0.717) is 17.1 Å². The van der Waals surface area contributed by atoms with E-state index >= 15 is 0 Å². The van der Waals surface area contributed by atoms with Gasteiger partial charge in [0.1, 0.15) is 0 Å². The van der Waals surface area contributed by atoms with Crippen molar-refractivity contribution in [1.29, 1.82) is 0 Å². The smallest absolute Gasteiger partial charge is 0.345 e. The maximum absolute atomic E-state index is 12.9. The molecule has 3 heterocycles. The van der Waals surface area contributed by atoms with Gasteiger partial charge in [-0.1, -0.05) is 29.8 Å². The lowest BCUT2D eigenvalue weighted by atomic mass is 10.2. The van der Waals surface area contributed by atoms with Crippen LogP contribution in [0, 0.1) is 0 Å². The number of rotatable bonds is 5. The molecule has 154 valence electrons. The van der Waals surface area contributed by atoms with Gasteiger partial charge in [-0.2, -0.15) is 18.3 Å². The van der Waals surface area contributed by atoms with Gasteiger partial charge >= 0.3 is 6.18 Å². The first-order valence-corrected chi connectivity index (χ1v) is 9.14. The van der Waals surface area contributed by atoms with E-state index < -0.39 is 17.6 Å². The maximum Gasteiger partial charge on any atom is 0.417 e. The molecule has 7 nitrogen and oxygen atoms in total. The van der Waals surface area contributed by atoms with Crippen molar-refractivity contribution in [3.63, 3.8) is 0 Å². The lowest BCUT2D eigenvalue weighted by molar-refractivity contribution is -0.137. The van der Waals surface area contributed by atoms with Gasteiger partial charge in [0.15, 0.2) is 11.5 Å². The highest BCUT2D eigenvalue weighted by Gasteiger charge is 2.31. The van der Waals surface area contributed by atoms with Crippen LogP contribution in [0.4, 0.5) is 13.2 Å². The summed E-state index contributed by atoms with van der Waals surface area (Å²) in [6.07, 6.45) is -0.633. The van der Waals surface area contributed by atoms with Crippen LogP contribution in [-0.2, 0) is 19.3 Å². The number of alkyl halides is 3. The Morgan fingerprint density at radius 3 is 2.67 bits per heavy atom. The van der Waals surface area contributed by atoms with E-state index in [4.69, 9.17) is 11.6 Å². The molecule has 0 aliphatic carbocycles. The average Bonchev–Trinajstić information content (AvgIpc) is 3.34. The average molecular weight is 435 g/mol. The molecule has 4 aromatic rings. The predicted molar refractivity (Wildman–Crippen MR) is 102 cm³/mol. The summed E-state index contributed by atoms with van der Waals surface area (Å²) in [5.41, 5.74) is 0.569. The predicted octanol–water partition coefficient (Wildman–Crippen LogP) is 3.58. The van der Waals surface area contributed by atoms with Crippen LogP contribution in [0.3, 0.4) is 0 Å². The van der Waals surface area contributed by atoms with Gasteiger partial charge in [0.25, 0.3) is 5.91 Å². The van der Waals surface area contributed by atoms with Crippen LogP contribution in [0.25, 0.3) is 5.65 Å². The third-order valence-electron chi connectivity index (χ3n) is 4.39. The van der Waals surface area contributed by atoms with Crippen LogP contribution in [0.2, 0.25) is 5.02 Å². The Labute approximate surface area is 173 Å². The van der Waals surface area contributed by atoms with Crippen molar-refractivity contribution in [2.75, 3.05) is 0 Å². The van der Waals surface area contributed by atoms with Crippen molar-refractivity contribution in [3.05, 3.63) is 82.5 Å². The molecule has 0 radical (unpaired) electrons. The molecule has 0 aliphatic heterocycles. The molecule has 0 atom stereocenters. The van der Waals surface area contributed by atoms with E-state index in [1.807, 2.05) is 18.2 Å². The summed E-state index contributed by atoms with van der Waals surface area (Å²) in [7, 11) is 0. The number of carbonyl (C=O) groups is 1. The summed E-state index contributed by atoms with van der Waals surface area (Å²) >= 11 is 6.13. The van der Waals surface area contributed by atoms with Crippen LogP contribution in [0.1, 0.15) is 27.3 Å². The van der Waals surface area contributed by atoms with Gasteiger partial charge in [-0.3, -0.25) is 13.9 Å². The van der Waals surface area contributed by atoms with E-state index in [1.165, 1.54) is 16.7 Å². The molecule has 0 aliphatic rings. The van der Waals surface area contributed by atoms with Crippen LogP contribution in [0.15, 0.2) is 55.0 Å². The Morgan fingerprint density at radius 1 is 1.10 bits per heavy atom. The fourth-order valence-corrected chi connectivity index (χ4v) is 3.05. The molecule has 1 aromatic carbocycles. The van der Waals surface area contributed by atoms with Crippen molar-refractivity contribution < 1.29 is 18.0 Å². The number of fused-ring (bicyclic) bond motifs is 1. The van der Waals surface area contributed by atoms with Crippen LogP contribution < -0.4 is 5.32 Å². The zero-order valence-corrected chi connectivity index (χ0v) is 16.0. The first-order valence-electron chi connectivity index (χ1n) is 8.76. The molecular weight excluding hydrogens is 421 g/mol. The molecule has 1 N–H and O–H groups in total. The van der Waals surface area contributed by atoms with Crippen molar-refractivity contribution >= 4 is 23.2 Å². The molecule has 0 spiro atoms. The third kappa shape index (κ3) is 4.13. The highest BCUT2D eigenvalue weighted by molar-refractivity contribution is 6.31. The van der Waals surface area contributed by atoms with Crippen LogP contribution in [-0.4, -0.2) is 30.3 Å². The largest absolute Gasteiger partial charge is 0.417 e. The Balaban J connectivity index is 1.45. The lowest BCUT2D eigenvalue weighted by Crippen LogP contribution is -2.23. The summed E-state index contributed by atoms with van der Waals surface area (Å²) in [5, 5.41) is 15.0. The number of hydrogen-bond donors (Lipinski definition) is 1. The van der Waals surface area contributed by atoms with Crippen LogP contribution in [0.5, 0.6) is 0 Å². The summed E-state index contributed by atoms with van der Waals surface area (Å²) in [5.74, 6) is -0.267. The van der Waals surface area contributed by atoms with Gasteiger partial charge in [-0.05, 0) is 23.8 Å². The van der Waals surface area contributed by atoms with Gasteiger partial charge in [-0.15, -0.1) is 10.2 Å². The molecule has 0 saturated heterocycles. The Morgan fingerprint density at radius 2 is 1.90 bits per heavy atom. The number of amides is 1. The van der Waals surface area contributed by atoms with E-state index in [-0.39, 0.29) is 18.0 Å². The number of halogens is 4. The first-order chi connectivity index (χ1) is 14.3. The second-order valence-corrected chi connectivity index (χ2v) is 6.87. The number of aromatic nitrogens is 5. The van der Waals surface area contributed by atoms with Crippen molar-refractivity contribution in [2.45, 2.75) is 19.3 Å². The SMILES string of the molecule is O=C(NCc1nnc2ccc(C(F)(F)F)cn12)c1cnn(Cc2ccccc2Cl)c1. The molecule has 30 heavy (non-hydrogen) atoms. The molecule has 0 bridgehead atoms. The molecule has 4 rings (SSSR count). The van der Waals surface area contributed by atoms with E-state index in [2.05, 4.69) is 20.6 Å². The fourth-order valence-electron chi connectivity index (χ4n) is 2.86. The highest BCUT2D eigenvalue weighted by Crippen LogP contribution is 2.29. The minimum absolute atomic E-state index is 0.100. The van der Waals surface area contributed by atoms with Crippen LogP contribution >= 0.6 is 11.6 Å². The fraction of sp³-hybridized carbons (Fsp3) is 0.158. The molecule has 1 amide bonds. The first kappa shape index (κ1) is 19.9. The number of pyridine rings is 1. The third-order valence-corrected chi connectivity index (χ3v) is 4.76. The zero-order valence-electron chi connectivity index (χ0n) is 15.3. The minimum Gasteiger partial charge on any atom is -0.345 e. The number of nitrogens with zero attached hydrogens (tertiary/aromatic N) is 5. The summed E-state index contributed by atoms with van der Waals surface area (Å²) in [6.45, 7) is 0.291. The summed E-state index contributed by atoms with van der Waals surface area (Å²) in [4.78, 5) is 12.4. The van der Waals surface area contributed by atoms with E-state index in [0.717, 1.165) is 17.8 Å². The molecule has 3 aromatic heterocycles. The minimum atomic E-state index is -4.49. The quantitative estimate of drug-likeness (QED) is 0.521. The Kier molecular flexibility index (Phi) is 5.17. The number of benzene rings is 1. The van der Waals surface area contributed by atoms with Gasteiger partial charge < -0.3 is 5.32 Å². The Bertz CT molecular complexity index is 1220. The topological polar surface area (TPSA) is 77.1 Å². The normalized spacial score (nSPS) is 11.7. The summed E-state index contributed by atoms with van der Waals surface area (Å²) < 4.78 is 41.6. The molecule has 0 fully saturated rings. The second-order valence-electron chi connectivity index (χ2n) is 6.46. The number of nitrogens with one attached hydrogen (secondary N) is 1. The molecule has 11 heteroatoms. The molecule has 0 unspecified atom stereocenters. The maximum atomic E-state index is 12.9. The Hall–Kier alpha value is -3.40. The zero-order chi connectivity index (χ0) is 21.3. The number of hydrogen-bond acceptors (Lipinski definition) is 4. The molecule has 0 saturated carbocycles. The lowest BCUT2D eigenvalue weighted by Gasteiger charge is -2.08. The second kappa shape index (κ2) is 7.79. The van der Waals surface area contributed by atoms with Gasteiger partial charge in [0.2, 0.25) is 0 Å². The standard InChI is InChI=1S/C19H14ClF3N6O/c20-15-4-2-1-3-12(15)9-28-10-13(7-25-28)18(30)24-8-17-27-26-16-6-5-14(11-29(16)17)19(21,22)23/h1-7,10-11H,8-9H2,(H,24,30).